The first-order valence-corrected chi connectivity index (χ1v) is 7.20. The van der Waals surface area contributed by atoms with Crippen molar-refractivity contribution in [1.82, 2.24) is 0 Å². The summed E-state index contributed by atoms with van der Waals surface area (Å²) in [4.78, 5) is 0. The van der Waals surface area contributed by atoms with E-state index in [0.29, 0.717) is 0 Å². The van der Waals surface area contributed by atoms with Crippen LogP contribution in [0, 0.1) is 5.41 Å². The molecule has 1 unspecified atom stereocenters. The maximum absolute atomic E-state index is 12.1. The molecule has 1 aromatic carbocycles. The summed E-state index contributed by atoms with van der Waals surface area (Å²) in [5.74, 6) is 0.218. The van der Waals surface area contributed by atoms with E-state index in [1.807, 2.05) is 51.1 Å². The fourth-order valence-corrected chi connectivity index (χ4v) is 3.69. The quantitative estimate of drug-likeness (QED) is 0.813. The lowest BCUT2D eigenvalue weighted by atomic mass is 10.0. The van der Waals surface area contributed by atoms with Crippen molar-refractivity contribution in [1.29, 1.82) is 0 Å². The van der Waals surface area contributed by atoms with Crippen LogP contribution in [0.25, 0.3) is 0 Å². The van der Waals surface area contributed by atoms with Gasteiger partial charge in [0.05, 0.1) is 11.0 Å². The van der Waals surface area contributed by atoms with Gasteiger partial charge in [0.2, 0.25) is 0 Å². The molecule has 0 saturated heterocycles. The van der Waals surface area contributed by atoms with Crippen molar-refractivity contribution >= 4 is 9.84 Å². The summed E-state index contributed by atoms with van der Waals surface area (Å²) in [7, 11) is -3.07. The molecule has 0 heterocycles. The third-order valence-electron chi connectivity index (χ3n) is 2.44. The van der Waals surface area contributed by atoms with Crippen molar-refractivity contribution in [2.45, 2.75) is 32.9 Å². The highest BCUT2D eigenvalue weighted by Gasteiger charge is 2.27. The molecule has 0 N–H and O–H groups in total. The monoisotopic (exact) mass is 240 g/mol. The minimum atomic E-state index is -3.07. The van der Waals surface area contributed by atoms with Crippen molar-refractivity contribution in [2.75, 3.05) is 5.75 Å². The maximum atomic E-state index is 12.1. The van der Waals surface area contributed by atoms with E-state index >= 15 is 0 Å². The van der Waals surface area contributed by atoms with E-state index in [2.05, 4.69) is 0 Å². The minimum absolute atomic E-state index is 0.193. The summed E-state index contributed by atoms with van der Waals surface area (Å²) in [6, 6.07) is 9.37. The number of benzene rings is 1. The lowest BCUT2D eigenvalue weighted by Crippen LogP contribution is -2.24. The molecule has 1 aromatic rings. The van der Waals surface area contributed by atoms with E-state index in [-0.39, 0.29) is 11.2 Å². The van der Waals surface area contributed by atoms with Gasteiger partial charge in [-0.05, 0) is 17.9 Å². The minimum Gasteiger partial charge on any atom is -0.228 e. The van der Waals surface area contributed by atoms with Gasteiger partial charge in [0, 0.05) is 0 Å². The first-order valence-electron chi connectivity index (χ1n) is 5.49. The Morgan fingerprint density at radius 3 is 2.06 bits per heavy atom. The maximum Gasteiger partial charge on any atom is 0.157 e. The van der Waals surface area contributed by atoms with Crippen LogP contribution in [0.1, 0.15) is 38.5 Å². The lowest BCUT2D eigenvalue weighted by Gasteiger charge is -2.21. The molecular formula is C13H20O2S. The zero-order valence-corrected chi connectivity index (χ0v) is 11.2. The molecule has 0 radical (unpaired) electrons. The molecule has 0 aliphatic carbocycles. The molecule has 1 rings (SSSR count). The predicted molar refractivity (Wildman–Crippen MR) is 68.1 cm³/mol. The number of rotatable bonds is 3. The first-order chi connectivity index (χ1) is 7.22. The summed E-state index contributed by atoms with van der Waals surface area (Å²) in [5.41, 5.74) is 0.675. The molecule has 3 heteroatoms. The molecule has 0 aliphatic rings. The van der Waals surface area contributed by atoms with Gasteiger partial charge in [0.15, 0.2) is 9.84 Å². The van der Waals surface area contributed by atoms with Crippen LogP contribution < -0.4 is 0 Å². The standard InChI is InChI=1S/C13H20O2S/c1-11(12-8-6-5-7-9-12)16(14,15)10-13(2,3)4/h5-9,11H,10H2,1-4H3. The Morgan fingerprint density at radius 1 is 1.12 bits per heavy atom. The number of sulfone groups is 1. The SMILES string of the molecule is CC(c1ccccc1)S(=O)(=O)CC(C)(C)C. The Labute approximate surface area is 98.6 Å². The second-order valence-corrected chi connectivity index (χ2v) is 7.74. The second-order valence-electron chi connectivity index (χ2n) is 5.42. The Balaban J connectivity index is 2.94. The van der Waals surface area contributed by atoms with Crippen molar-refractivity contribution in [3.63, 3.8) is 0 Å². The molecule has 16 heavy (non-hydrogen) atoms. The van der Waals surface area contributed by atoms with Crippen molar-refractivity contribution in [3.8, 4) is 0 Å². The van der Waals surface area contributed by atoms with Crippen molar-refractivity contribution in [2.24, 2.45) is 5.41 Å². The predicted octanol–water partition coefficient (Wildman–Crippen LogP) is 3.21. The van der Waals surface area contributed by atoms with Crippen LogP contribution in [0.2, 0.25) is 0 Å². The third-order valence-corrected chi connectivity index (χ3v) is 5.06. The largest absolute Gasteiger partial charge is 0.228 e. The zero-order valence-electron chi connectivity index (χ0n) is 10.4. The normalized spacial score (nSPS) is 14.8. The molecule has 90 valence electrons. The van der Waals surface area contributed by atoms with Crippen LogP contribution in [0.3, 0.4) is 0 Å². The lowest BCUT2D eigenvalue weighted by molar-refractivity contribution is 0.459. The fourth-order valence-electron chi connectivity index (χ4n) is 1.66. The Hall–Kier alpha value is -0.830. The molecule has 0 saturated carbocycles. The van der Waals surface area contributed by atoms with Gasteiger partial charge in [-0.2, -0.15) is 0 Å². The van der Waals surface area contributed by atoms with Crippen molar-refractivity contribution < 1.29 is 8.42 Å². The van der Waals surface area contributed by atoms with Gasteiger partial charge in [-0.25, -0.2) is 8.42 Å². The Kier molecular flexibility index (Phi) is 3.79. The van der Waals surface area contributed by atoms with E-state index in [9.17, 15) is 8.42 Å². The molecule has 0 aliphatic heterocycles. The topological polar surface area (TPSA) is 34.1 Å². The summed E-state index contributed by atoms with van der Waals surface area (Å²) in [6.45, 7) is 7.60. The molecule has 0 fully saturated rings. The number of hydrogen-bond donors (Lipinski definition) is 0. The van der Waals surface area contributed by atoms with Crippen LogP contribution in [0.4, 0.5) is 0 Å². The summed E-state index contributed by atoms with van der Waals surface area (Å²) < 4.78 is 24.3. The number of hydrogen-bond acceptors (Lipinski definition) is 2. The molecule has 1 atom stereocenters. The van der Waals surface area contributed by atoms with Crippen LogP contribution in [-0.2, 0) is 9.84 Å². The highest BCUT2D eigenvalue weighted by molar-refractivity contribution is 7.91. The fraction of sp³-hybridized carbons (Fsp3) is 0.538. The smallest absolute Gasteiger partial charge is 0.157 e. The molecule has 0 bridgehead atoms. The van der Waals surface area contributed by atoms with E-state index in [4.69, 9.17) is 0 Å². The summed E-state index contributed by atoms with van der Waals surface area (Å²) >= 11 is 0. The third kappa shape index (κ3) is 3.63. The average Bonchev–Trinajstić information content (AvgIpc) is 2.14. The van der Waals surface area contributed by atoms with Crippen LogP contribution in [-0.4, -0.2) is 14.2 Å². The van der Waals surface area contributed by atoms with E-state index in [1.54, 1.807) is 6.92 Å². The Morgan fingerprint density at radius 2 is 1.62 bits per heavy atom. The first kappa shape index (κ1) is 13.2. The molecule has 0 aromatic heterocycles. The summed E-state index contributed by atoms with van der Waals surface area (Å²) in [6.07, 6.45) is 0. The molecule has 0 amide bonds. The van der Waals surface area contributed by atoms with E-state index < -0.39 is 15.1 Å². The van der Waals surface area contributed by atoms with Crippen LogP contribution in [0.5, 0.6) is 0 Å². The second kappa shape index (κ2) is 4.58. The van der Waals surface area contributed by atoms with Crippen LogP contribution >= 0.6 is 0 Å². The van der Waals surface area contributed by atoms with E-state index in [1.165, 1.54) is 0 Å². The van der Waals surface area contributed by atoms with E-state index in [0.717, 1.165) is 5.56 Å². The van der Waals surface area contributed by atoms with Crippen molar-refractivity contribution in [3.05, 3.63) is 35.9 Å². The molecular weight excluding hydrogens is 220 g/mol. The van der Waals surface area contributed by atoms with Gasteiger partial charge in [-0.1, -0.05) is 51.1 Å². The molecule has 0 spiro atoms. The van der Waals surface area contributed by atoms with Crippen LogP contribution in [0.15, 0.2) is 30.3 Å². The highest BCUT2D eigenvalue weighted by Crippen LogP contribution is 2.27. The van der Waals surface area contributed by atoms with Gasteiger partial charge >= 0.3 is 0 Å². The Bertz CT molecular complexity index is 427. The van der Waals surface area contributed by atoms with Gasteiger partial charge in [-0.3, -0.25) is 0 Å². The van der Waals surface area contributed by atoms with Gasteiger partial charge < -0.3 is 0 Å². The summed E-state index contributed by atoms with van der Waals surface area (Å²) in [5, 5.41) is -0.423. The van der Waals surface area contributed by atoms with Gasteiger partial charge in [-0.15, -0.1) is 0 Å². The van der Waals surface area contributed by atoms with Gasteiger partial charge in [0.1, 0.15) is 0 Å². The zero-order chi connectivity index (χ0) is 12.4. The highest BCUT2D eigenvalue weighted by atomic mass is 32.2. The average molecular weight is 240 g/mol. The van der Waals surface area contributed by atoms with Gasteiger partial charge in [0.25, 0.3) is 0 Å². The molecule has 2 nitrogen and oxygen atoms in total.